The van der Waals surface area contributed by atoms with Crippen LogP contribution in [0.15, 0.2) is 29.3 Å². The van der Waals surface area contributed by atoms with Crippen molar-refractivity contribution in [1.82, 2.24) is 15.5 Å². The number of benzene rings is 1. The number of hydrogen-bond donors (Lipinski definition) is 2. The highest BCUT2D eigenvalue weighted by Gasteiger charge is 2.27. The molecule has 7 heteroatoms. The summed E-state index contributed by atoms with van der Waals surface area (Å²) in [6, 6.07) is 8.19. The molecule has 2 aliphatic rings. The van der Waals surface area contributed by atoms with Gasteiger partial charge in [0.25, 0.3) is 0 Å². The molecule has 1 aromatic rings. The first-order chi connectivity index (χ1) is 13.8. The number of piperidine rings is 1. The minimum atomic E-state index is -0.446. The minimum Gasteiger partial charge on any atom is -0.488 e. The van der Waals surface area contributed by atoms with Crippen LogP contribution >= 0.6 is 0 Å². The average Bonchev–Trinajstić information content (AvgIpc) is 3.10. The molecule has 1 unspecified atom stereocenters. The lowest BCUT2D eigenvalue weighted by molar-refractivity contribution is 0.0185. The van der Waals surface area contributed by atoms with Crippen molar-refractivity contribution in [3.63, 3.8) is 0 Å². The fourth-order valence-electron chi connectivity index (χ4n) is 3.69. The third-order valence-electron chi connectivity index (χ3n) is 5.26. The third-order valence-corrected chi connectivity index (χ3v) is 5.26. The van der Waals surface area contributed by atoms with Gasteiger partial charge in [-0.15, -0.1) is 0 Å². The lowest BCUT2D eigenvalue weighted by atomic mass is 9.97. The number of hydrogen-bond acceptors (Lipinski definition) is 4. The molecule has 2 N–H and O–H groups in total. The van der Waals surface area contributed by atoms with Crippen LogP contribution in [0.1, 0.15) is 39.2 Å². The van der Waals surface area contributed by atoms with Crippen molar-refractivity contribution in [2.24, 2.45) is 10.9 Å². The normalized spacial score (nSPS) is 20.1. The Balaban J connectivity index is 1.35. The summed E-state index contributed by atoms with van der Waals surface area (Å²) in [6.07, 6.45) is 2.76. The zero-order valence-electron chi connectivity index (χ0n) is 18.0. The van der Waals surface area contributed by atoms with Crippen LogP contribution in [0.3, 0.4) is 0 Å². The number of nitrogens with one attached hydrogen (secondary N) is 2. The number of carbonyl (C=O) groups is 1. The van der Waals surface area contributed by atoms with Crippen LogP contribution in [-0.4, -0.2) is 61.9 Å². The topological polar surface area (TPSA) is 75.2 Å². The molecule has 1 saturated heterocycles. The van der Waals surface area contributed by atoms with Gasteiger partial charge >= 0.3 is 6.09 Å². The van der Waals surface area contributed by atoms with E-state index in [4.69, 9.17) is 9.47 Å². The fourth-order valence-corrected chi connectivity index (χ4v) is 3.69. The van der Waals surface area contributed by atoms with E-state index >= 15 is 0 Å². The number of rotatable bonds is 4. The molecular weight excluding hydrogens is 368 g/mol. The second-order valence-corrected chi connectivity index (χ2v) is 8.80. The zero-order valence-corrected chi connectivity index (χ0v) is 18.0. The van der Waals surface area contributed by atoms with E-state index in [1.165, 1.54) is 5.56 Å². The molecule has 29 heavy (non-hydrogen) atoms. The van der Waals surface area contributed by atoms with Crippen LogP contribution in [0.25, 0.3) is 0 Å². The molecule has 0 saturated carbocycles. The van der Waals surface area contributed by atoms with E-state index in [0.29, 0.717) is 12.5 Å². The molecule has 0 radical (unpaired) electrons. The largest absolute Gasteiger partial charge is 0.488 e. The summed E-state index contributed by atoms with van der Waals surface area (Å²) in [5.74, 6) is 2.29. The molecule has 0 aliphatic carbocycles. The molecule has 1 aromatic carbocycles. The summed E-state index contributed by atoms with van der Waals surface area (Å²) < 4.78 is 11.4. The Morgan fingerprint density at radius 3 is 2.55 bits per heavy atom. The SMILES string of the molecule is CN=C(NCC1CCN(C(=O)OC(C)(C)C)CC1)NCC1Cc2ccccc2O1. The Morgan fingerprint density at radius 2 is 1.90 bits per heavy atom. The Kier molecular flexibility index (Phi) is 6.87. The summed E-state index contributed by atoms with van der Waals surface area (Å²) >= 11 is 0. The lowest BCUT2D eigenvalue weighted by Crippen LogP contribution is -2.46. The van der Waals surface area contributed by atoms with Crippen LogP contribution in [-0.2, 0) is 11.2 Å². The molecule has 2 aliphatic heterocycles. The Bertz CT molecular complexity index is 696. The quantitative estimate of drug-likeness (QED) is 0.598. The van der Waals surface area contributed by atoms with Crippen molar-refractivity contribution in [1.29, 1.82) is 0 Å². The van der Waals surface area contributed by atoms with E-state index in [2.05, 4.69) is 21.7 Å². The van der Waals surface area contributed by atoms with Crippen molar-refractivity contribution >= 4 is 12.1 Å². The number of amides is 1. The number of para-hydroxylation sites is 1. The highest BCUT2D eigenvalue weighted by molar-refractivity contribution is 5.79. The molecule has 1 amide bonds. The Morgan fingerprint density at radius 1 is 1.21 bits per heavy atom. The van der Waals surface area contributed by atoms with Gasteiger partial charge in [-0.25, -0.2) is 4.79 Å². The summed E-state index contributed by atoms with van der Waals surface area (Å²) in [5.41, 5.74) is 0.817. The Labute approximate surface area is 173 Å². The predicted octanol–water partition coefficient (Wildman–Crippen LogP) is 2.80. The maximum atomic E-state index is 12.2. The number of likely N-dealkylation sites (tertiary alicyclic amines) is 1. The lowest BCUT2D eigenvalue weighted by Gasteiger charge is -2.33. The van der Waals surface area contributed by atoms with Crippen molar-refractivity contribution in [3.8, 4) is 5.75 Å². The van der Waals surface area contributed by atoms with Gasteiger partial charge in [0.2, 0.25) is 0 Å². The van der Waals surface area contributed by atoms with Crippen LogP contribution < -0.4 is 15.4 Å². The second-order valence-electron chi connectivity index (χ2n) is 8.80. The summed E-state index contributed by atoms with van der Waals surface area (Å²) in [5, 5.41) is 6.78. The number of nitrogens with zero attached hydrogens (tertiary/aromatic N) is 2. The van der Waals surface area contributed by atoms with Gasteiger partial charge in [0.1, 0.15) is 17.5 Å². The maximum Gasteiger partial charge on any atom is 0.410 e. The first kappa shape index (κ1) is 21.3. The molecule has 1 atom stereocenters. The van der Waals surface area contributed by atoms with Gasteiger partial charge in [-0.05, 0) is 51.2 Å². The monoisotopic (exact) mass is 402 g/mol. The van der Waals surface area contributed by atoms with E-state index in [9.17, 15) is 4.79 Å². The van der Waals surface area contributed by atoms with Crippen LogP contribution in [0.5, 0.6) is 5.75 Å². The first-order valence-electron chi connectivity index (χ1n) is 10.5. The van der Waals surface area contributed by atoms with E-state index in [0.717, 1.165) is 50.6 Å². The van der Waals surface area contributed by atoms with Gasteiger partial charge in [0.05, 0.1) is 6.54 Å². The van der Waals surface area contributed by atoms with Gasteiger partial charge in [0, 0.05) is 33.1 Å². The van der Waals surface area contributed by atoms with E-state index in [1.54, 1.807) is 7.05 Å². The van der Waals surface area contributed by atoms with Gasteiger partial charge in [0.15, 0.2) is 5.96 Å². The molecule has 160 valence electrons. The molecule has 1 fully saturated rings. The highest BCUT2D eigenvalue weighted by Crippen LogP contribution is 2.27. The summed E-state index contributed by atoms with van der Waals surface area (Å²) in [6.45, 7) is 8.72. The molecule has 0 aromatic heterocycles. The van der Waals surface area contributed by atoms with Crippen molar-refractivity contribution in [2.45, 2.75) is 51.7 Å². The third kappa shape index (κ3) is 6.27. The van der Waals surface area contributed by atoms with Gasteiger partial charge in [-0.1, -0.05) is 18.2 Å². The summed E-state index contributed by atoms with van der Waals surface area (Å²) in [7, 11) is 1.78. The van der Waals surface area contributed by atoms with Crippen LogP contribution in [0, 0.1) is 5.92 Å². The van der Waals surface area contributed by atoms with Crippen molar-refractivity contribution in [2.75, 3.05) is 33.2 Å². The smallest absolute Gasteiger partial charge is 0.410 e. The second kappa shape index (κ2) is 9.37. The number of carbonyl (C=O) groups excluding carboxylic acids is 1. The number of aliphatic imine (C=N–C) groups is 1. The summed E-state index contributed by atoms with van der Waals surface area (Å²) in [4.78, 5) is 18.3. The molecule has 0 spiro atoms. The van der Waals surface area contributed by atoms with E-state index < -0.39 is 5.60 Å². The fraction of sp³-hybridized carbons (Fsp3) is 0.636. The van der Waals surface area contributed by atoms with E-state index in [1.807, 2.05) is 43.9 Å². The standard InChI is InChI=1S/C22H34N4O3/c1-22(2,3)29-21(27)26-11-9-16(10-12-26)14-24-20(23-4)25-15-18-13-17-7-5-6-8-19(17)28-18/h5-8,16,18H,9-15H2,1-4H3,(H2,23,24,25). The molecule has 7 nitrogen and oxygen atoms in total. The predicted molar refractivity (Wildman–Crippen MR) is 114 cm³/mol. The first-order valence-corrected chi connectivity index (χ1v) is 10.5. The van der Waals surface area contributed by atoms with Crippen molar-refractivity contribution < 1.29 is 14.3 Å². The van der Waals surface area contributed by atoms with Crippen molar-refractivity contribution in [3.05, 3.63) is 29.8 Å². The van der Waals surface area contributed by atoms with Crippen LogP contribution in [0.2, 0.25) is 0 Å². The van der Waals surface area contributed by atoms with E-state index in [-0.39, 0.29) is 12.2 Å². The molecular formula is C22H34N4O3. The van der Waals surface area contributed by atoms with Gasteiger partial charge in [-0.3, -0.25) is 4.99 Å². The van der Waals surface area contributed by atoms with Crippen LogP contribution in [0.4, 0.5) is 4.79 Å². The van der Waals surface area contributed by atoms with Gasteiger partial charge in [-0.2, -0.15) is 0 Å². The zero-order chi connectivity index (χ0) is 20.9. The Hall–Kier alpha value is -2.44. The minimum absolute atomic E-state index is 0.128. The molecule has 3 rings (SSSR count). The average molecular weight is 403 g/mol. The number of ether oxygens (including phenoxy) is 2. The number of fused-ring (bicyclic) bond motifs is 1. The van der Waals surface area contributed by atoms with Gasteiger partial charge < -0.3 is 25.0 Å². The highest BCUT2D eigenvalue weighted by atomic mass is 16.6. The molecule has 2 heterocycles. The molecule has 0 bridgehead atoms. The number of guanidine groups is 1. The maximum absolute atomic E-state index is 12.2.